The molecule has 2 radical (unpaired) electrons. The summed E-state index contributed by atoms with van der Waals surface area (Å²) in [7, 11) is 7.24. The Morgan fingerprint density at radius 3 is 2.92 bits per heavy atom. The molecule has 4 nitrogen and oxygen atoms in total. The van der Waals surface area contributed by atoms with E-state index in [2.05, 4.69) is 21.1 Å². The molecule has 2 aliphatic rings. The molecule has 25 heavy (non-hydrogen) atoms. The van der Waals surface area contributed by atoms with E-state index in [9.17, 15) is 9.90 Å². The van der Waals surface area contributed by atoms with Crippen molar-refractivity contribution in [3.05, 3.63) is 48.0 Å². The number of fused-ring (bicyclic) bond motifs is 1. The molecule has 0 spiro atoms. The van der Waals surface area contributed by atoms with E-state index in [0.717, 1.165) is 6.42 Å². The highest BCUT2D eigenvalue weighted by molar-refractivity contribution is 8.23. The Balaban J connectivity index is 1.59. The smallest absolute Gasteiger partial charge is 0.306 e. The van der Waals surface area contributed by atoms with Crippen LogP contribution in [-0.4, -0.2) is 37.0 Å². The molecule has 1 aliphatic heterocycles. The van der Waals surface area contributed by atoms with Crippen LogP contribution in [0.1, 0.15) is 24.8 Å². The zero-order valence-electron chi connectivity index (χ0n) is 14.0. The highest BCUT2D eigenvalue weighted by atomic mass is 32.0. The molecule has 1 heterocycles. The van der Waals surface area contributed by atoms with Crippen molar-refractivity contribution < 1.29 is 19.2 Å². The maximum absolute atomic E-state index is 11.6. The summed E-state index contributed by atoms with van der Waals surface area (Å²) in [4.78, 5) is 11.6. The monoisotopic (exact) mass is 376 g/mol. The van der Waals surface area contributed by atoms with Crippen LogP contribution in [0.15, 0.2) is 42.5 Å². The molecule has 7 atom stereocenters. The van der Waals surface area contributed by atoms with Gasteiger partial charge in [-0.15, -0.1) is 0 Å². The summed E-state index contributed by atoms with van der Waals surface area (Å²) in [5, 5.41) is 10.3. The standard InChI is InChI=1S/C18H23BO4P2/c19-25(24)23-17-11-16-15(10-18(21)22-16)14(17)9-8-13(20)7-6-12-4-2-1-3-5-12/h1-5,8-9,13-17,20H,6-7,10-11,24H2/b9-8+/t13?,14-,15?,16?,17?,25?/m1/s1. The van der Waals surface area contributed by atoms with E-state index in [1.54, 1.807) is 0 Å². The van der Waals surface area contributed by atoms with Gasteiger partial charge in [-0.3, -0.25) is 4.79 Å². The number of aliphatic hydroxyl groups excluding tert-OH is 1. The number of hydrogen-bond acceptors (Lipinski definition) is 4. The van der Waals surface area contributed by atoms with Gasteiger partial charge in [-0.1, -0.05) is 51.4 Å². The van der Waals surface area contributed by atoms with Gasteiger partial charge in [0.15, 0.2) is 7.57 Å². The second kappa shape index (κ2) is 8.78. The number of ether oxygens (including phenoxy) is 1. The van der Waals surface area contributed by atoms with Crippen molar-refractivity contribution >= 4 is 30.2 Å². The molecule has 1 aliphatic carbocycles. The van der Waals surface area contributed by atoms with Crippen LogP contribution in [0.5, 0.6) is 0 Å². The summed E-state index contributed by atoms with van der Waals surface area (Å²) >= 11 is 0. The average Bonchev–Trinajstić information content (AvgIpc) is 3.07. The fraction of sp³-hybridized carbons (Fsp3) is 0.500. The lowest BCUT2D eigenvalue weighted by Crippen LogP contribution is -2.20. The number of hydrogen-bond donors (Lipinski definition) is 1. The minimum Gasteiger partial charge on any atom is -0.462 e. The zero-order valence-corrected chi connectivity index (χ0v) is 16.1. The molecular formula is C18H23BO4P2. The van der Waals surface area contributed by atoms with E-state index in [4.69, 9.17) is 16.8 Å². The van der Waals surface area contributed by atoms with Crippen molar-refractivity contribution in [2.24, 2.45) is 11.8 Å². The summed E-state index contributed by atoms with van der Waals surface area (Å²) < 4.78 is 11.2. The lowest BCUT2D eigenvalue weighted by Gasteiger charge is -2.22. The van der Waals surface area contributed by atoms with E-state index >= 15 is 0 Å². The first-order valence-electron chi connectivity index (χ1n) is 8.59. The van der Waals surface area contributed by atoms with Crippen LogP contribution >= 0.6 is 16.6 Å². The van der Waals surface area contributed by atoms with Gasteiger partial charge in [0.2, 0.25) is 0 Å². The van der Waals surface area contributed by atoms with Gasteiger partial charge in [0, 0.05) is 18.3 Å². The van der Waals surface area contributed by atoms with Crippen molar-refractivity contribution in [1.82, 2.24) is 0 Å². The molecule has 3 rings (SSSR count). The molecule has 0 amide bonds. The van der Waals surface area contributed by atoms with Crippen molar-refractivity contribution in [1.29, 1.82) is 0 Å². The minimum absolute atomic E-state index is 0.0527. The molecule has 7 heteroatoms. The SMILES string of the molecule is [B]P(P)OC1CC2OC(=O)CC2[C@H]1/C=C/C(O)CCc1ccccc1. The van der Waals surface area contributed by atoms with Gasteiger partial charge in [-0.05, 0) is 26.1 Å². The van der Waals surface area contributed by atoms with Gasteiger partial charge < -0.3 is 14.4 Å². The van der Waals surface area contributed by atoms with E-state index in [1.165, 1.54) is 5.56 Å². The Morgan fingerprint density at radius 2 is 2.20 bits per heavy atom. The maximum Gasteiger partial charge on any atom is 0.306 e. The first kappa shape index (κ1) is 19.0. The number of aryl methyl sites for hydroxylation is 1. The maximum atomic E-state index is 11.6. The van der Waals surface area contributed by atoms with Gasteiger partial charge in [0.25, 0.3) is 0 Å². The number of rotatable bonds is 7. The zero-order chi connectivity index (χ0) is 17.8. The van der Waals surface area contributed by atoms with Gasteiger partial charge in [-0.25, -0.2) is 0 Å². The topological polar surface area (TPSA) is 55.8 Å². The van der Waals surface area contributed by atoms with Gasteiger partial charge in [-0.2, -0.15) is 0 Å². The third-order valence-corrected chi connectivity index (χ3v) is 5.81. The third kappa shape index (κ3) is 5.14. The number of carbonyl (C=O) groups is 1. The lowest BCUT2D eigenvalue weighted by molar-refractivity contribution is -0.141. The normalized spacial score (nSPS) is 31.0. The van der Waals surface area contributed by atoms with E-state index in [-0.39, 0.29) is 30.0 Å². The molecule has 0 aromatic heterocycles. The first-order chi connectivity index (χ1) is 12.0. The molecule has 2 fully saturated rings. The second-order valence-electron chi connectivity index (χ2n) is 6.69. The van der Waals surface area contributed by atoms with Gasteiger partial charge in [0.1, 0.15) is 6.10 Å². The van der Waals surface area contributed by atoms with E-state index in [1.807, 2.05) is 30.4 Å². The molecule has 0 bridgehead atoms. The average molecular weight is 376 g/mol. The Hall–Kier alpha value is -0.725. The molecule has 1 saturated heterocycles. The van der Waals surface area contributed by atoms with Crippen molar-refractivity contribution in [2.45, 2.75) is 44.0 Å². The minimum atomic E-state index is -1.05. The molecular weight excluding hydrogens is 353 g/mol. The number of carbonyl (C=O) groups excluding carboxylic acids is 1. The summed E-state index contributed by atoms with van der Waals surface area (Å²) in [6.45, 7) is 0. The number of aliphatic hydroxyl groups is 1. The van der Waals surface area contributed by atoms with Crippen LogP contribution in [0, 0.1) is 11.8 Å². The van der Waals surface area contributed by atoms with Gasteiger partial charge >= 0.3 is 5.97 Å². The highest BCUT2D eigenvalue weighted by Gasteiger charge is 2.49. The van der Waals surface area contributed by atoms with Crippen LogP contribution in [0.25, 0.3) is 0 Å². The Morgan fingerprint density at radius 1 is 1.44 bits per heavy atom. The van der Waals surface area contributed by atoms with E-state index < -0.39 is 13.8 Å². The molecule has 1 aromatic rings. The van der Waals surface area contributed by atoms with Crippen LogP contribution in [0.2, 0.25) is 0 Å². The molecule has 1 saturated carbocycles. The molecule has 1 aromatic carbocycles. The van der Waals surface area contributed by atoms with Crippen molar-refractivity contribution in [3.8, 4) is 0 Å². The Bertz CT molecular complexity index is 610. The number of benzene rings is 1. The molecule has 1 N–H and O–H groups in total. The molecule has 132 valence electrons. The third-order valence-electron chi connectivity index (χ3n) is 4.94. The Labute approximate surface area is 153 Å². The van der Waals surface area contributed by atoms with Gasteiger partial charge in [0.05, 0.1) is 18.6 Å². The van der Waals surface area contributed by atoms with Crippen LogP contribution in [0.4, 0.5) is 0 Å². The van der Waals surface area contributed by atoms with E-state index in [0.29, 0.717) is 19.3 Å². The lowest BCUT2D eigenvalue weighted by atomic mass is 9.91. The largest absolute Gasteiger partial charge is 0.462 e. The summed E-state index contributed by atoms with van der Waals surface area (Å²) in [5.74, 6) is 0.0318. The second-order valence-corrected chi connectivity index (χ2v) is 9.15. The predicted molar refractivity (Wildman–Crippen MR) is 103 cm³/mol. The quantitative estimate of drug-likeness (QED) is 0.344. The summed E-state index contributed by atoms with van der Waals surface area (Å²) in [5.41, 5.74) is 1.21. The number of esters is 1. The van der Waals surface area contributed by atoms with Crippen LogP contribution in [-0.2, 0) is 20.5 Å². The van der Waals surface area contributed by atoms with Crippen molar-refractivity contribution in [3.63, 3.8) is 0 Å². The van der Waals surface area contributed by atoms with Crippen molar-refractivity contribution in [2.75, 3.05) is 0 Å². The fourth-order valence-electron chi connectivity index (χ4n) is 3.75. The summed E-state index contributed by atoms with van der Waals surface area (Å²) in [6.07, 6.45) is 5.73. The Kier molecular flexibility index (Phi) is 6.69. The predicted octanol–water partition coefficient (Wildman–Crippen LogP) is 3.14. The first-order valence-corrected chi connectivity index (χ1v) is 11.5. The fourth-order valence-corrected chi connectivity index (χ4v) is 4.75. The highest BCUT2D eigenvalue weighted by Crippen LogP contribution is 2.50. The molecule has 6 unspecified atom stereocenters. The summed E-state index contributed by atoms with van der Waals surface area (Å²) in [6, 6.07) is 10.1. The van der Waals surface area contributed by atoms with Crippen LogP contribution < -0.4 is 0 Å². The van der Waals surface area contributed by atoms with Crippen LogP contribution in [0.3, 0.4) is 0 Å².